The van der Waals surface area contributed by atoms with Gasteiger partial charge < -0.3 is 9.94 Å². The molecule has 1 atom stereocenters. The van der Waals surface area contributed by atoms with E-state index in [9.17, 15) is 0 Å². The fourth-order valence-corrected chi connectivity index (χ4v) is 0.962. The maximum atomic E-state index is 8.34. The minimum Gasteiger partial charge on any atom is -0.411 e. The molecule has 0 aromatic heterocycles. The maximum Gasteiger partial charge on any atom is 0.0619 e. The molecule has 0 radical (unpaired) electrons. The van der Waals surface area contributed by atoms with Crippen molar-refractivity contribution in [2.75, 3.05) is 6.61 Å². The molecule has 1 N–H and O–H groups in total. The van der Waals surface area contributed by atoms with Crippen molar-refractivity contribution in [3.8, 4) is 0 Å². The van der Waals surface area contributed by atoms with Crippen LogP contribution in [0.4, 0.5) is 0 Å². The third-order valence-electron chi connectivity index (χ3n) is 1.46. The van der Waals surface area contributed by atoms with Gasteiger partial charge in [-0.15, -0.1) is 0 Å². The Hall–Kier alpha value is -0.570. The molecular formula is C6H11NO2. The van der Waals surface area contributed by atoms with E-state index in [1.807, 2.05) is 6.92 Å². The van der Waals surface area contributed by atoms with E-state index in [2.05, 4.69) is 5.16 Å². The van der Waals surface area contributed by atoms with Crippen LogP contribution in [-0.4, -0.2) is 23.6 Å². The molecule has 1 saturated heterocycles. The summed E-state index contributed by atoms with van der Waals surface area (Å²) in [5.74, 6) is 0. The molecule has 0 unspecified atom stereocenters. The molecule has 1 aliphatic rings. The van der Waals surface area contributed by atoms with E-state index in [-0.39, 0.29) is 6.10 Å². The minimum atomic E-state index is 0.227. The van der Waals surface area contributed by atoms with Crippen molar-refractivity contribution < 1.29 is 9.94 Å². The summed E-state index contributed by atoms with van der Waals surface area (Å²) in [5.41, 5.74) is 0.855. The van der Waals surface area contributed by atoms with Gasteiger partial charge in [0.1, 0.15) is 0 Å². The third-order valence-corrected chi connectivity index (χ3v) is 1.46. The van der Waals surface area contributed by atoms with Crippen LogP contribution in [0.1, 0.15) is 19.8 Å². The number of ether oxygens (including phenoxy) is 1. The molecule has 0 amide bonds. The zero-order valence-electron chi connectivity index (χ0n) is 5.50. The van der Waals surface area contributed by atoms with Crippen LogP contribution in [-0.2, 0) is 4.74 Å². The van der Waals surface area contributed by atoms with E-state index >= 15 is 0 Å². The highest BCUT2D eigenvalue weighted by atomic mass is 16.5. The van der Waals surface area contributed by atoms with Crippen LogP contribution < -0.4 is 0 Å². The summed E-state index contributed by atoms with van der Waals surface area (Å²) in [6, 6.07) is 0. The lowest BCUT2D eigenvalue weighted by atomic mass is 10.1. The Morgan fingerprint density at radius 2 is 2.56 bits per heavy atom. The first-order valence-electron chi connectivity index (χ1n) is 3.14. The molecule has 0 aromatic carbocycles. The van der Waals surface area contributed by atoms with Crippen LogP contribution in [0, 0.1) is 0 Å². The minimum absolute atomic E-state index is 0.227. The summed E-state index contributed by atoms with van der Waals surface area (Å²) in [5, 5.41) is 11.5. The Bertz CT molecular complexity index is 122. The van der Waals surface area contributed by atoms with Crippen LogP contribution in [0.5, 0.6) is 0 Å². The second kappa shape index (κ2) is 2.82. The normalized spacial score (nSPS) is 33.0. The van der Waals surface area contributed by atoms with Gasteiger partial charge in [-0.05, 0) is 6.92 Å². The molecule has 3 nitrogen and oxygen atoms in total. The van der Waals surface area contributed by atoms with E-state index in [1.54, 1.807) is 0 Å². The van der Waals surface area contributed by atoms with Gasteiger partial charge in [0.05, 0.1) is 18.4 Å². The Labute approximate surface area is 54.3 Å². The van der Waals surface area contributed by atoms with E-state index in [1.165, 1.54) is 0 Å². The van der Waals surface area contributed by atoms with Gasteiger partial charge >= 0.3 is 0 Å². The smallest absolute Gasteiger partial charge is 0.0619 e. The number of hydrogen-bond donors (Lipinski definition) is 1. The van der Waals surface area contributed by atoms with Crippen molar-refractivity contribution in [1.29, 1.82) is 0 Å². The van der Waals surface area contributed by atoms with Gasteiger partial charge in [0.15, 0.2) is 0 Å². The predicted molar refractivity (Wildman–Crippen MR) is 33.9 cm³/mol. The zero-order chi connectivity index (χ0) is 6.69. The molecule has 1 aliphatic heterocycles. The van der Waals surface area contributed by atoms with Gasteiger partial charge in [-0.25, -0.2) is 0 Å². The largest absolute Gasteiger partial charge is 0.411 e. The summed E-state index contributed by atoms with van der Waals surface area (Å²) in [7, 11) is 0. The molecule has 0 saturated carbocycles. The molecule has 1 heterocycles. The van der Waals surface area contributed by atoms with E-state index in [0.717, 1.165) is 18.6 Å². The first-order valence-corrected chi connectivity index (χ1v) is 3.14. The number of rotatable bonds is 0. The van der Waals surface area contributed by atoms with Crippen molar-refractivity contribution in [1.82, 2.24) is 0 Å². The molecule has 3 heteroatoms. The number of nitrogens with zero attached hydrogens (tertiary/aromatic N) is 1. The second-order valence-electron chi connectivity index (χ2n) is 2.30. The van der Waals surface area contributed by atoms with Gasteiger partial charge in [0, 0.05) is 12.8 Å². The summed E-state index contributed by atoms with van der Waals surface area (Å²) in [6.07, 6.45) is 1.78. The highest BCUT2D eigenvalue weighted by Crippen LogP contribution is 2.09. The molecule has 0 aromatic rings. The molecule has 0 aliphatic carbocycles. The maximum absolute atomic E-state index is 8.34. The SMILES string of the molecule is C[C@H]1C/C(=N/O)CCO1. The van der Waals surface area contributed by atoms with Gasteiger partial charge in [0.2, 0.25) is 0 Å². The first-order chi connectivity index (χ1) is 4.33. The predicted octanol–water partition coefficient (Wildman–Crippen LogP) is 1.02. The fourth-order valence-electron chi connectivity index (χ4n) is 0.962. The summed E-state index contributed by atoms with van der Waals surface area (Å²) >= 11 is 0. The molecule has 0 spiro atoms. The summed E-state index contributed by atoms with van der Waals surface area (Å²) in [4.78, 5) is 0. The van der Waals surface area contributed by atoms with Crippen molar-refractivity contribution in [3.05, 3.63) is 0 Å². The number of oxime groups is 1. The van der Waals surface area contributed by atoms with Crippen molar-refractivity contribution >= 4 is 5.71 Å². The van der Waals surface area contributed by atoms with Gasteiger partial charge in [-0.1, -0.05) is 5.16 Å². The lowest BCUT2D eigenvalue weighted by molar-refractivity contribution is 0.0617. The third kappa shape index (κ3) is 1.68. The van der Waals surface area contributed by atoms with Gasteiger partial charge in [-0.2, -0.15) is 0 Å². The number of hydrogen-bond acceptors (Lipinski definition) is 3. The second-order valence-corrected chi connectivity index (χ2v) is 2.30. The van der Waals surface area contributed by atoms with Gasteiger partial charge in [-0.3, -0.25) is 0 Å². The van der Waals surface area contributed by atoms with Crippen molar-refractivity contribution in [2.24, 2.45) is 5.16 Å². The van der Waals surface area contributed by atoms with E-state index in [4.69, 9.17) is 9.94 Å². The van der Waals surface area contributed by atoms with Crippen molar-refractivity contribution in [2.45, 2.75) is 25.9 Å². The highest BCUT2D eigenvalue weighted by Gasteiger charge is 2.13. The fraction of sp³-hybridized carbons (Fsp3) is 0.833. The Balaban J connectivity index is 2.41. The van der Waals surface area contributed by atoms with Crippen LogP contribution in [0.15, 0.2) is 5.16 Å². The average molecular weight is 129 g/mol. The van der Waals surface area contributed by atoms with Crippen LogP contribution in [0.2, 0.25) is 0 Å². The van der Waals surface area contributed by atoms with E-state index < -0.39 is 0 Å². The first kappa shape index (κ1) is 6.55. The monoisotopic (exact) mass is 129 g/mol. The lowest BCUT2D eigenvalue weighted by Crippen LogP contribution is -2.22. The molecule has 0 bridgehead atoms. The quantitative estimate of drug-likeness (QED) is 0.392. The highest BCUT2D eigenvalue weighted by molar-refractivity contribution is 5.84. The van der Waals surface area contributed by atoms with Gasteiger partial charge in [0.25, 0.3) is 0 Å². The summed E-state index contributed by atoms with van der Waals surface area (Å²) in [6.45, 7) is 2.67. The topological polar surface area (TPSA) is 41.8 Å². The standard InChI is InChI=1S/C6H11NO2/c1-5-4-6(7-8)2-3-9-5/h5,8H,2-4H2,1H3/b7-6+/t5-/m0/s1. The Morgan fingerprint density at radius 3 is 3.00 bits per heavy atom. The lowest BCUT2D eigenvalue weighted by Gasteiger charge is -2.18. The molecule has 1 rings (SSSR count). The molecule has 1 fully saturated rings. The van der Waals surface area contributed by atoms with E-state index in [0.29, 0.717) is 6.61 Å². The summed E-state index contributed by atoms with van der Waals surface area (Å²) < 4.78 is 5.22. The van der Waals surface area contributed by atoms with Crippen LogP contribution in [0.3, 0.4) is 0 Å². The average Bonchev–Trinajstić information content (AvgIpc) is 1.88. The molecular weight excluding hydrogens is 118 g/mol. The van der Waals surface area contributed by atoms with Crippen LogP contribution >= 0.6 is 0 Å². The Morgan fingerprint density at radius 1 is 1.78 bits per heavy atom. The molecule has 9 heavy (non-hydrogen) atoms. The zero-order valence-corrected chi connectivity index (χ0v) is 5.50. The molecule has 52 valence electrons. The van der Waals surface area contributed by atoms with Crippen LogP contribution in [0.25, 0.3) is 0 Å². The Kier molecular flexibility index (Phi) is 2.05. The van der Waals surface area contributed by atoms with Crippen molar-refractivity contribution in [3.63, 3.8) is 0 Å².